The molecule has 0 bridgehead atoms. The van der Waals surface area contributed by atoms with E-state index in [2.05, 4.69) is 5.32 Å². The molecule has 0 saturated heterocycles. The molecule has 5 heteroatoms. The third-order valence-electron chi connectivity index (χ3n) is 4.01. The van der Waals surface area contributed by atoms with Gasteiger partial charge in [-0.05, 0) is 56.2 Å². The van der Waals surface area contributed by atoms with Crippen LogP contribution in [0.1, 0.15) is 55.7 Å². The summed E-state index contributed by atoms with van der Waals surface area (Å²) in [6, 6.07) is 5.98. The van der Waals surface area contributed by atoms with E-state index in [-0.39, 0.29) is 18.5 Å². The van der Waals surface area contributed by atoms with E-state index < -0.39 is 0 Å². The first kappa shape index (κ1) is 20.0. The molecule has 0 heterocycles. The van der Waals surface area contributed by atoms with Crippen LogP contribution in [0, 0.1) is 6.92 Å². The summed E-state index contributed by atoms with van der Waals surface area (Å²) in [5.41, 5.74) is 9.73. The second kappa shape index (κ2) is 10.7. The van der Waals surface area contributed by atoms with Crippen LogP contribution < -0.4 is 11.1 Å². The predicted molar refractivity (Wildman–Crippen MR) is 96.3 cm³/mol. The summed E-state index contributed by atoms with van der Waals surface area (Å²) in [5, 5.41) is 12.6. The van der Waals surface area contributed by atoms with Crippen molar-refractivity contribution >= 4 is 5.97 Å². The number of hydrogen-bond donors (Lipinski definition) is 3. The lowest BCUT2D eigenvalue weighted by Crippen LogP contribution is -2.13. The molecule has 0 amide bonds. The molecule has 0 aliphatic heterocycles. The van der Waals surface area contributed by atoms with Gasteiger partial charge in [0.05, 0.1) is 19.6 Å². The van der Waals surface area contributed by atoms with Crippen molar-refractivity contribution < 1.29 is 14.6 Å². The Morgan fingerprint density at radius 2 is 2.17 bits per heavy atom. The molecular formula is C19H30N2O3. The number of rotatable bonds is 10. The van der Waals surface area contributed by atoms with E-state index in [0.29, 0.717) is 19.4 Å². The number of aryl methyl sites for hydroxylation is 1. The zero-order chi connectivity index (χ0) is 17.9. The van der Waals surface area contributed by atoms with Crippen molar-refractivity contribution in [2.24, 2.45) is 5.73 Å². The Hall–Kier alpha value is -2.01. The summed E-state index contributed by atoms with van der Waals surface area (Å²) in [4.78, 5) is 11.9. The van der Waals surface area contributed by atoms with E-state index in [4.69, 9.17) is 10.5 Å². The van der Waals surface area contributed by atoms with Gasteiger partial charge in [0, 0.05) is 18.4 Å². The highest BCUT2D eigenvalue weighted by Crippen LogP contribution is 2.28. The van der Waals surface area contributed by atoms with Crippen molar-refractivity contribution in [3.63, 3.8) is 0 Å². The van der Waals surface area contributed by atoms with E-state index in [1.165, 1.54) is 0 Å². The van der Waals surface area contributed by atoms with Crippen molar-refractivity contribution in [1.29, 1.82) is 0 Å². The van der Waals surface area contributed by atoms with Crippen molar-refractivity contribution in [1.82, 2.24) is 5.32 Å². The topological polar surface area (TPSA) is 84.6 Å². The third kappa shape index (κ3) is 6.62. The largest absolute Gasteiger partial charge is 0.466 e. The van der Waals surface area contributed by atoms with Crippen LogP contribution in [0.2, 0.25) is 0 Å². The molecule has 1 aromatic carbocycles. The standard InChI is InChI=1S/C19H30N2O3/c1-4-21-12-18(20)9-8-16(11-19(23)24-5-2)15-7-6-14(3)17(10-15)13-22/h6-7,10,12,16,21-22H,4-5,8-9,11,13,20H2,1-3H3/b18-12-. The number of aliphatic hydroxyl groups excluding tert-OH is 1. The van der Waals surface area contributed by atoms with Crippen LogP contribution in [0.15, 0.2) is 30.1 Å². The fourth-order valence-electron chi connectivity index (χ4n) is 2.57. The Morgan fingerprint density at radius 1 is 1.42 bits per heavy atom. The van der Waals surface area contributed by atoms with Crippen LogP contribution in [-0.2, 0) is 16.1 Å². The molecule has 0 fully saturated rings. The minimum Gasteiger partial charge on any atom is -0.466 e. The summed E-state index contributed by atoms with van der Waals surface area (Å²) >= 11 is 0. The van der Waals surface area contributed by atoms with Gasteiger partial charge >= 0.3 is 5.97 Å². The molecule has 1 rings (SSSR count). The molecule has 0 spiro atoms. The molecule has 1 atom stereocenters. The molecule has 0 saturated carbocycles. The van der Waals surface area contributed by atoms with Gasteiger partial charge in [0.2, 0.25) is 0 Å². The van der Waals surface area contributed by atoms with Crippen molar-refractivity contribution in [3.05, 3.63) is 46.8 Å². The summed E-state index contributed by atoms with van der Waals surface area (Å²) < 4.78 is 5.10. The average Bonchev–Trinajstić information content (AvgIpc) is 2.57. The Morgan fingerprint density at radius 3 is 2.79 bits per heavy atom. The molecule has 1 unspecified atom stereocenters. The Labute approximate surface area is 144 Å². The third-order valence-corrected chi connectivity index (χ3v) is 4.01. The molecule has 0 aromatic heterocycles. The highest BCUT2D eigenvalue weighted by molar-refractivity contribution is 5.70. The van der Waals surface area contributed by atoms with Gasteiger partial charge < -0.3 is 20.9 Å². The first-order valence-corrected chi connectivity index (χ1v) is 8.55. The van der Waals surface area contributed by atoms with Gasteiger partial charge in [0.15, 0.2) is 0 Å². The summed E-state index contributed by atoms with van der Waals surface area (Å²) in [7, 11) is 0. The number of allylic oxidation sites excluding steroid dienone is 1. The van der Waals surface area contributed by atoms with Crippen LogP contribution in [-0.4, -0.2) is 24.2 Å². The minimum atomic E-state index is -0.206. The van der Waals surface area contributed by atoms with Gasteiger partial charge in [0.1, 0.15) is 0 Å². The zero-order valence-corrected chi connectivity index (χ0v) is 15.0. The van der Waals surface area contributed by atoms with Gasteiger partial charge in [-0.2, -0.15) is 0 Å². The molecule has 0 aliphatic rings. The molecule has 0 aliphatic carbocycles. The molecule has 24 heavy (non-hydrogen) atoms. The number of hydrogen-bond acceptors (Lipinski definition) is 5. The fraction of sp³-hybridized carbons (Fsp3) is 0.526. The number of carbonyl (C=O) groups excluding carboxylic acids is 1. The van der Waals surface area contributed by atoms with Crippen molar-refractivity contribution in [2.45, 2.75) is 52.6 Å². The number of ether oxygens (including phenoxy) is 1. The second-order valence-electron chi connectivity index (χ2n) is 5.87. The van der Waals surface area contributed by atoms with Crippen LogP contribution in [0.4, 0.5) is 0 Å². The van der Waals surface area contributed by atoms with Gasteiger partial charge in [-0.25, -0.2) is 0 Å². The van der Waals surface area contributed by atoms with Gasteiger partial charge in [0.25, 0.3) is 0 Å². The lowest BCUT2D eigenvalue weighted by Gasteiger charge is -2.18. The number of carbonyl (C=O) groups is 1. The van der Waals surface area contributed by atoms with E-state index >= 15 is 0 Å². The first-order chi connectivity index (χ1) is 11.5. The van der Waals surface area contributed by atoms with E-state index in [9.17, 15) is 9.90 Å². The van der Waals surface area contributed by atoms with Crippen LogP contribution in [0.3, 0.4) is 0 Å². The summed E-state index contributed by atoms with van der Waals surface area (Å²) in [6.45, 7) is 6.98. The Bertz CT molecular complexity index is 556. The number of esters is 1. The maximum atomic E-state index is 11.9. The Kier molecular flexibility index (Phi) is 8.94. The van der Waals surface area contributed by atoms with E-state index in [0.717, 1.165) is 35.4 Å². The van der Waals surface area contributed by atoms with E-state index in [1.807, 2.05) is 38.2 Å². The second-order valence-corrected chi connectivity index (χ2v) is 5.87. The number of aliphatic hydroxyl groups is 1. The predicted octanol–water partition coefficient (Wildman–Crippen LogP) is 2.71. The highest BCUT2D eigenvalue weighted by Gasteiger charge is 2.18. The normalized spacial score (nSPS) is 12.8. The van der Waals surface area contributed by atoms with Crippen LogP contribution >= 0.6 is 0 Å². The molecule has 4 N–H and O–H groups in total. The van der Waals surface area contributed by atoms with Crippen molar-refractivity contribution in [3.8, 4) is 0 Å². The van der Waals surface area contributed by atoms with Crippen LogP contribution in [0.5, 0.6) is 0 Å². The molecule has 5 nitrogen and oxygen atoms in total. The molecule has 0 radical (unpaired) electrons. The van der Waals surface area contributed by atoms with Crippen molar-refractivity contribution in [2.75, 3.05) is 13.2 Å². The molecule has 134 valence electrons. The first-order valence-electron chi connectivity index (χ1n) is 8.55. The van der Waals surface area contributed by atoms with Gasteiger partial charge in [-0.15, -0.1) is 0 Å². The number of benzene rings is 1. The number of nitrogens with one attached hydrogen (secondary N) is 1. The van der Waals surface area contributed by atoms with E-state index in [1.54, 1.807) is 6.92 Å². The SMILES string of the molecule is CCN/C=C(\N)CCC(CC(=O)OCC)c1ccc(C)c(CO)c1. The maximum Gasteiger partial charge on any atom is 0.306 e. The minimum absolute atomic E-state index is 0.00569. The molecular weight excluding hydrogens is 304 g/mol. The lowest BCUT2D eigenvalue weighted by atomic mass is 9.88. The average molecular weight is 334 g/mol. The van der Waals surface area contributed by atoms with Gasteiger partial charge in [-0.1, -0.05) is 18.2 Å². The zero-order valence-electron chi connectivity index (χ0n) is 15.0. The quantitative estimate of drug-likeness (QED) is 0.573. The molecule has 1 aromatic rings. The van der Waals surface area contributed by atoms with Crippen LogP contribution in [0.25, 0.3) is 0 Å². The monoisotopic (exact) mass is 334 g/mol. The Balaban J connectivity index is 2.90. The van der Waals surface area contributed by atoms with Gasteiger partial charge in [-0.3, -0.25) is 4.79 Å². The smallest absolute Gasteiger partial charge is 0.306 e. The highest BCUT2D eigenvalue weighted by atomic mass is 16.5. The lowest BCUT2D eigenvalue weighted by molar-refractivity contribution is -0.143. The maximum absolute atomic E-state index is 11.9. The summed E-state index contributed by atoms with van der Waals surface area (Å²) in [6.07, 6.45) is 3.58. The summed E-state index contributed by atoms with van der Waals surface area (Å²) in [5.74, 6) is -0.189. The fourth-order valence-corrected chi connectivity index (χ4v) is 2.57. The number of nitrogens with two attached hydrogens (primary N) is 1.